The van der Waals surface area contributed by atoms with Gasteiger partial charge in [-0.05, 0) is 44.5 Å². The molecule has 3 aromatic rings. The third kappa shape index (κ3) is 3.49. The fraction of sp³-hybridized carbons (Fsp3) is 0.188. The van der Waals surface area contributed by atoms with Crippen LogP contribution in [0.4, 0.5) is 5.82 Å². The number of sulfonamides is 1. The maximum absolute atomic E-state index is 12.6. The molecule has 7 nitrogen and oxygen atoms in total. The van der Waals surface area contributed by atoms with Crippen molar-refractivity contribution in [3.05, 3.63) is 58.6 Å². The Morgan fingerprint density at radius 2 is 1.88 bits per heavy atom. The summed E-state index contributed by atoms with van der Waals surface area (Å²) < 4.78 is 29.4. The van der Waals surface area contributed by atoms with E-state index < -0.39 is 10.0 Å². The van der Waals surface area contributed by atoms with Crippen molar-refractivity contribution in [3.8, 4) is 5.82 Å². The fourth-order valence-corrected chi connectivity index (χ4v) is 3.95. The topological polar surface area (TPSA) is 89.8 Å². The van der Waals surface area contributed by atoms with Gasteiger partial charge in [0.05, 0.1) is 10.6 Å². The van der Waals surface area contributed by atoms with E-state index in [0.717, 1.165) is 11.4 Å². The first kappa shape index (κ1) is 17.4. The summed E-state index contributed by atoms with van der Waals surface area (Å²) in [5, 5.41) is 4.72. The Balaban J connectivity index is 1.97. The van der Waals surface area contributed by atoms with Crippen molar-refractivity contribution in [2.24, 2.45) is 0 Å². The number of hydrogen-bond acceptors (Lipinski definition) is 5. The maximum Gasteiger partial charge on any atom is 0.263 e. The summed E-state index contributed by atoms with van der Waals surface area (Å²) in [6.45, 7) is 5.41. The molecule has 1 aromatic carbocycles. The van der Waals surface area contributed by atoms with Crippen LogP contribution in [0.5, 0.6) is 0 Å². The van der Waals surface area contributed by atoms with Crippen LogP contribution in [-0.2, 0) is 10.0 Å². The molecule has 3 rings (SSSR count). The number of aryl methyl sites for hydroxylation is 2. The highest BCUT2D eigenvalue weighted by Crippen LogP contribution is 2.24. The Bertz CT molecular complexity index is 1050. The number of rotatable bonds is 4. The third-order valence-electron chi connectivity index (χ3n) is 3.63. The van der Waals surface area contributed by atoms with Gasteiger partial charge in [-0.3, -0.25) is 4.72 Å². The smallest absolute Gasteiger partial charge is 0.263 e. The van der Waals surface area contributed by atoms with Crippen LogP contribution in [0, 0.1) is 20.8 Å². The number of benzene rings is 1. The monoisotopic (exact) mass is 377 g/mol. The van der Waals surface area contributed by atoms with Gasteiger partial charge in [-0.15, -0.1) is 0 Å². The van der Waals surface area contributed by atoms with E-state index in [4.69, 9.17) is 11.6 Å². The second kappa shape index (κ2) is 6.45. The minimum absolute atomic E-state index is 0.103. The van der Waals surface area contributed by atoms with Gasteiger partial charge in [0.25, 0.3) is 10.0 Å². The highest BCUT2D eigenvalue weighted by molar-refractivity contribution is 7.92. The second-order valence-corrected chi connectivity index (χ2v) is 7.63. The number of anilines is 1. The largest absolute Gasteiger partial charge is 0.263 e. The van der Waals surface area contributed by atoms with Crippen LogP contribution < -0.4 is 4.72 Å². The lowest BCUT2D eigenvalue weighted by Crippen LogP contribution is -2.16. The average Bonchev–Trinajstić information content (AvgIpc) is 2.88. The van der Waals surface area contributed by atoms with Crippen molar-refractivity contribution < 1.29 is 8.42 Å². The molecule has 25 heavy (non-hydrogen) atoms. The lowest BCUT2D eigenvalue weighted by Gasteiger charge is -2.11. The van der Waals surface area contributed by atoms with Gasteiger partial charge in [0.2, 0.25) is 0 Å². The molecule has 0 unspecified atom stereocenters. The van der Waals surface area contributed by atoms with Gasteiger partial charge < -0.3 is 0 Å². The highest BCUT2D eigenvalue weighted by Gasteiger charge is 2.19. The Kier molecular flexibility index (Phi) is 4.49. The second-order valence-electron chi connectivity index (χ2n) is 5.57. The highest BCUT2D eigenvalue weighted by atomic mass is 35.5. The quantitative estimate of drug-likeness (QED) is 0.754. The molecule has 0 aliphatic heterocycles. The van der Waals surface area contributed by atoms with Crippen molar-refractivity contribution in [1.29, 1.82) is 0 Å². The average molecular weight is 378 g/mol. The molecule has 2 heterocycles. The Morgan fingerprint density at radius 1 is 1.12 bits per heavy atom. The van der Waals surface area contributed by atoms with Crippen LogP contribution in [0.25, 0.3) is 5.82 Å². The molecule has 0 radical (unpaired) electrons. The SMILES string of the molecule is Cc1cc(C)n(-c2cc(NS(=O)(=O)c3cccc(Cl)c3C)ncn2)n1. The summed E-state index contributed by atoms with van der Waals surface area (Å²) in [5.41, 5.74) is 2.20. The molecule has 0 bridgehead atoms. The molecule has 0 fully saturated rings. The summed E-state index contributed by atoms with van der Waals surface area (Å²) in [6, 6.07) is 8.15. The maximum atomic E-state index is 12.6. The van der Waals surface area contributed by atoms with Crippen LogP contribution in [-0.4, -0.2) is 28.2 Å². The Labute approximate surface area is 150 Å². The van der Waals surface area contributed by atoms with Gasteiger partial charge in [-0.25, -0.2) is 23.1 Å². The number of aromatic nitrogens is 4. The number of nitrogens with one attached hydrogen (secondary N) is 1. The van der Waals surface area contributed by atoms with E-state index in [1.165, 1.54) is 18.5 Å². The van der Waals surface area contributed by atoms with Crippen molar-refractivity contribution in [2.45, 2.75) is 25.7 Å². The Morgan fingerprint density at radius 3 is 2.56 bits per heavy atom. The third-order valence-corrected chi connectivity index (χ3v) is 5.53. The van der Waals surface area contributed by atoms with E-state index in [1.54, 1.807) is 23.7 Å². The summed E-state index contributed by atoms with van der Waals surface area (Å²) in [5.74, 6) is 0.623. The van der Waals surface area contributed by atoms with Gasteiger partial charge in [0.15, 0.2) is 5.82 Å². The van der Waals surface area contributed by atoms with Crippen LogP contribution in [0.1, 0.15) is 17.0 Å². The van der Waals surface area contributed by atoms with Crippen molar-refractivity contribution >= 4 is 27.4 Å². The zero-order valence-corrected chi connectivity index (χ0v) is 15.4. The molecule has 130 valence electrons. The molecule has 2 aromatic heterocycles. The molecule has 1 N–H and O–H groups in total. The minimum Gasteiger partial charge on any atom is -0.263 e. The molecule has 0 saturated carbocycles. The first-order chi connectivity index (χ1) is 11.8. The molecule has 0 saturated heterocycles. The zero-order valence-electron chi connectivity index (χ0n) is 13.9. The van der Waals surface area contributed by atoms with Gasteiger partial charge in [-0.2, -0.15) is 5.10 Å². The predicted molar refractivity (Wildman–Crippen MR) is 95.6 cm³/mol. The molecule has 0 amide bonds. The van der Waals surface area contributed by atoms with E-state index in [2.05, 4.69) is 19.8 Å². The number of halogens is 1. The van der Waals surface area contributed by atoms with E-state index in [1.807, 2.05) is 19.9 Å². The van der Waals surface area contributed by atoms with Crippen LogP contribution in [0.2, 0.25) is 5.02 Å². The van der Waals surface area contributed by atoms with Gasteiger partial charge in [-0.1, -0.05) is 17.7 Å². The standard InChI is InChI=1S/C16H16ClN5O2S/c1-10-7-11(2)22(20-10)16-8-15(18-9-19-16)21-25(23,24)14-6-4-5-13(17)12(14)3/h4-9H,1-3H3,(H,18,19,21). The minimum atomic E-state index is -3.82. The molecule has 0 aliphatic carbocycles. The normalized spacial score (nSPS) is 11.5. The molecular formula is C16H16ClN5O2S. The molecule has 0 spiro atoms. The molecular weight excluding hydrogens is 362 g/mol. The van der Waals surface area contributed by atoms with Crippen molar-refractivity contribution in [2.75, 3.05) is 4.72 Å². The molecule has 0 aliphatic rings. The number of hydrogen-bond donors (Lipinski definition) is 1. The van der Waals surface area contributed by atoms with Gasteiger partial charge >= 0.3 is 0 Å². The van der Waals surface area contributed by atoms with Gasteiger partial charge in [0, 0.05) is 16.8 Å². The number of nitrogens with zero attached hydrogens (tertiary/aromatic N) is 4. The van der Waals surface area contributed by atoms with Crippen molar-refractivity contribution in [1.82, 2.24) is 19.7 Å². The summed E-state index contributed by atoms with van der Waals surface area (Å²) >= 11 is 6.02. The van der Waals surface area contributed by atoms with Crippen molar-refractivity contribution in [3.63, 3.8) is 0 Å². The molecule has 0 atom stereocenters. The van der Waals surface area contributed by atoms with E-state index in [-0.39, 0.29) is 10.7 Å². The van der Waals surface area contributed by atoms with Gasteiger partial charge in [0.1, 0.15) is 12.1 Å². The summed E-state index contributed by atoms with van der Waals surface area (Å²) in [4.78, 5) is 8.24. The predicted octanol–water partition coefficient (Wildman–Crippen LogP) is 3.04. The van der Waals surface area contributed by atoms with E-state index in [9.17, 15) is 8.42 Å². The van der Waals surface area contributed by atoms with Crippen LogP contribution >= 0.6 is 11.6 Å². The first-order valence-corrected chi connectivity index (χ1v) is 9.27. The zero-order chi connectivity index (χ0) is 18.2. The van der Waals surface area contributed by atoms with E-state index >= 15 is 0 Å². The van der Waals surface area contributed by atoms with Crippen LogP contribution in [0.3, 0.4) is 0 Å². The van der Waals surface area contributed by atoms with Crippen LogP contribution in [0.15, 0.2) is 41.6 Å². The summed E-state index contributed by atoms with van der Waals surface area (Å²) in [7, 11) is -3.82. The lowest BCUT2D eigenvalue weighted by atomic mass is 10.2. The lowest BCUT2D eigenvalue weighted by molar-refractivity contribution is 0.600. The molecule has 9 heteroatoms. The summed E-state index contributed by atoms with van der Waals surface area (Å²) in [6.07, 6.45) is 1.29. The fourth-order valence-electron chi connectivity index (χ4n) is 2.45. The first-order valence-electron chi connectivity index (χ1n) is 7.41. The van der Waals surface area contributed by atoms with E-state index in [0.29, 0.717) is 16.4 Å². The Hall–Kier alpha value is -2.45.